The largest absolute Gasteiger partial charge is 0.391 e. The molecule has 2 aliphatic rings. The van der Waals surface area contributed by atoms with Crippen molar-refractivity contribution in [2.75, 3.05) is 6.61 Å². The van der Waals surface area contributed by atoms with E-state index in [1.807, 2.05) is 0 Å². The van der Waals surface area contributed by atoms with Gasteiger partial charge in [0.1, 0.15) is 6.29 Å². The van der Waals surface area contributed by atoms with Gasteiger partial charge >= 0.3 is 0 Å². The summed E-state index contributed by atoms with van der Waals surface area (Å²) in [5.41, 5.74) is 11.7. The zero-order valence-electron chi connectivity index (χ0n) is 10.4. The van der Waals surface area contributed by atoms with Crippen molar-refractivity contribution in [3.63, 3.8) is 0 Å². The van der Waals surface area contributed by atoms with Gasteiger partial charge in [0.25, 0.3) is 0 Å². The van der Waals surface area contributed by atoms with Crippen molar-refractivity contribution in [1.82, 2.24) is 0 Å². The summed E-state index contributed by atoms with van der Waals surface area (Å²) >= 11 is 0. The molecule has 0 aromatic carbocycles. The van der Waals surface area contributed by atoms with Crippen LogP contribution in [-0.4, -0.2) is 48.6 Å². The topological polar surface area (TPSA) is 108 Å². The predicted molar refractivity (Wildman–Crippen MR) is 64.6 cm³/mol. The van der Waals surface area contributed by atoms with E-state index in [-0.39, 0.29) is 24.1 Å². The summed E-state index contributed by atoms with van der Waals surface area (Å²) in [4.78, 5) is 10.8. The van der Waals surface area contributed by atoms with Gasteiger partial charge in [-0.25, -0.2) is 0 Å². The second kappa shape index (κ2) is 6.08. The monoisotopic (exact) mass is 258 g/mol. The molecule has 0 amide bonds. The van der Waals surface area contributed by atoms with Gasteiger partial charge in [0.05, 0.1) is 18.8 Å². The highest BCUT2D eigenvalue weighted by molar-refractivity contribution is 5.53. The van der Waals surface area contributed by atoms with E-state index in [1.165, 1.54) is 0 Å². The van der Waals surface area contributed by atoms with E-state index in [0.29, 0.717) is 25.9 Å². The minimum absolute atomic E-state index is 0.00394. The molecule has 104 valence electrons. The first kappa shape index (κ1) is 13.9. The summed E-state index contributed by atoms with van der Waals surface area (Å²) in [6.07, 6.45) is 1.98. The number of ether oxygens (including phenoxy) is 2. The molecule has 1 saturated carbocycles. The Morgan fingerprint density at radius 2 is 2.00 bits per heavy atom. The lowest BCUT2D eigenvalue weighted by molar-refractivity contribution is -0.210. The molecular weight excluding hydrogens is 236 g/mol. The van der Waals surface area contributed by atoms with Crippen LogP contribution in [0.5, 0.6) is 0 Å². The number of rotatable bonds is 3. The van der Waals surface area contributed by atoms with Crippen molar-refractivity contribution < 1.29 is 19.4 Å². The molecule has 1 aliphatic heterocycles. The van der Waals surface area contributed by atoms with Crippen LogP contribution < -0.4 is 11.5 Å². The fourth-order valence-corrected chi connectivity index (χ4v) is 2.56. The van der Waals surface area contributed by atoms with Gasteiger partial charge in [0.15, 0.2) is 6.29 Å². The van der Waals surface area contributed by atoms with E-state index in [2.05, 4.69) is 0 Å². The molecule has 1 aliphatic carbocycles. The van der Waals surface area contributed by atoms with Crippen LogP contribution in [0.15, 0.2) is 0 Å². The van der Waals surface area contributed by atoms with Crippen LogP contribution in [0.25, 0.3) is 0 Å². The fraction of sp³-hybridized carbons (Fsp3) is 0.917. The smallest absolute Gasteiger partial charge is 0.158 e. The van der Waals surface area contributed by atoms with Gasteiger partial charge in [-0.2, -0.15) is 0 Å². The number of aliphatic hydroxyl groups excluding tert-OH is 1. The zero-order chi connectivity index (χ0) is 13.1. The molecule has 2 rings (SSSR count). The molecule has 1 saturated heterocycles. The van der Waals surface area contributed by atoms with Crippen LogP contribution in [-0.2, 0) is 14.3 Å². The van der Waals surface area contributed by atoms with Gasteiger partial charge in [-0.3, -0.25) is 0 Å². The van der Waals surface area contributed by atoms with Crippen molar-refractivity contribution in [3.8, 4) is 0 Å². The SMILES string of the molecule is N[C@@H]1C[C@@H](N)[C@H](O[C@@H]2C[C@@H](C=O)CCO2)C[C@H]1O. The number of carbonyl (C=O) groups excluding carboxylic acids is 1. The van der Waals surface area contributed by atoms with Crippen LogP contribution in [0.1, 0.15) is 25.7 Å². The lowest BCUT2D eigenvalue weighted by Gasteiger charge is -2.38. The van der Waals surface area contributed by atoms with Gasteiger partial charge in [0, 0.05) is 30.8 Å². The Labute approximate surface area is 107 Å². The molecule has 5 N–H and O–H groups in total. The highest BCUT2D eigenvalue weighted by atomic mass is 16.7. The van der Waals surface area contributed by atoms with Crippen molar-refractivity contribution in [3.05, 3.63) is 0 Å². The second-order valence-corrected chi connectivity index (χ2v) is 5.26. The number of aliphatic hydroxyl groups is 1. The molecule has 0 aromatic rings. The third-order valence-electron chi connectivity index (χ3n) is 3.80. The highest BCUT2D eigenvalue weighted by Gasteiger charge is 2.35. The van der Waals surface area contributed by atoms with Crippen molar-refractivity contribution >= 4 is 6.29 Å². The Morgan fingerprint density at radius 3 is 2.72 bits per heavy atom. The standard InChI is InChI=1S/C12H22N2O4/c13-8-4-9(14)11(5-10(8)16)18-12-3-7(6-15)1-2-17-12/h6-12,16H,1-5,13-14H2/t7-,8+,9+,10+,11+,12+/m0/s1. The quantitative estimate of drug-likeness (QED) is 0.568. The molecular formula is C12H22N2O4. The summed E-state index contributed by atoms with van der Waals surface area (Å²) < 4.78 is 11.2. The molecule has 0 bridgehead atoms. The lowest BCUT2D eigenvalue weighted by Crippen LogP contribution is -2.54. The molecule has 6 atom stereocenters. The minimum Gasteiger partial charge on any atom is -0.391 e. The first-order valence-corrected chi connectivity index (χ1v) is 6.51. The first-order valence-electron chi connectivity index (χ1n) is 6.51. The van der Waals surface area contributed by atoms with Gasteiger partial charge in [-0.15, -0.1) is 0 Å². The Morgan fingerprint density at radius 1 is 1.22 bits per heavy atom. The molecule has 0 radical (unpaired) electrons. The maximum Gasteiger partial charge on any atom is 0.158 e. The average molecular weight is 258 g/mol. The summed E-state index contributed by atoms with van der Waals surface area (Å²) in [6.45, 7) is 0.526. The normalized spacial score (nSPS) is 45.7. The first-order chi connectivity index (χ1) is 8.60. The predicted octanol–water partition coefficient (Wildman–Crippen LogP) is -0.867. The Bertz CT molecular complexity index is 289. The van der Waals surface area contributed by atoms with E-state index < -0.39 is 12.4 Å². The van der Waals surface area contributed by atoms with Crippen molar-refractivity contribution in [2.45, 2.75) is 56.3 Å². The number of nitrogens with two attached hydrogens (primary N) is 2. The van der Waals surface area contributed by atoms with Gasteiger partial charge in [-0.1, -0.05) is 0 Å². The van der Waals surface area contributed by atoms with Crippen LogP contribution in [0.4, 0.5) is 0 Å². The Hall–Kier alpha value is -0.530. The lowest BCUT2D eigenvalue weighted by atomic mass is 9.87. The summed E-state index contributed by atoms with van der Waals surface area (Å²) in [7, 11) is 0. The van der Waals surface area contributed by atoms with E-state index >= 15 is 0 Å². The average Bonchev–Trinajstić information content (AvgIpc) is 2.36. The number of carbonyl (C=O) groups is 1. The van der Waals surface area contributed by atoms with E-state index in [4.69, 9.17) is 20.9 Å². The zero-order valence-corrected chi connectivity index (χ0v) is 10.4. The highest BCUT2D eigenvalue weighted by Crippen LogP contribution is 2.25. The molecule has 0 aromatic heterocycles. The number of hydrogen-bond donors (Lipinski definition) is 3. The van der Waals surface area contributed by atoms with Crippen LogP contribution >= 0.6 is 0 Å². The molecule has 18 heavy (non-hydrogen) atoms. The maximum atomic E-state index is 10.8. The molecule has 0 spiro atoms. The van der Waals surface area contributed by atoms with Crippen molar-refractivity contribution in [2.24, 2.45) is 17.4 Å². The Kier molecular flexibility index (Phi) is 4.69. The third-order valence-corrected chi connectivity index (χ3v) is 3.80. The second-order valence-electron chi connectivity index (χ2n) is 5.26. The van der Waals surface area contributed by atoms with Gasteiger partial charge in [-0.05, 0) is 12.8 Å². The van der Waals surface area contributed by atoms with Crippen LogP contribution in [0, 0.1) is 5.92 Å². The minimum atomic E-state index is -0.583. The van der Waals surface area contributed by atoms with Crippen LogP contribution in [0.3, 0.4) is 0 Å². The molecule has 2 fully saturated rings. The summed E-state index contributed by atoms with van der Waals surface area (Å²) in [6, 6.07) is -0.474. The van der Waals surface area contributed by atoms with Crippen molar-refractivity contribution in [1.29, 1.82) is 0 Å². The molecule has 1 heterocycles. The number of aldehydes is 1. The van der Waals surface area contributed by atoms with E-state index in [1.54, 1.807) is 0 Å². The summed E-state index contributed by atoms with van der Waals surface area (Å²) in [5, 5.41) is 9.74. The molecule has 6 nitrogen and oxygen atoms in total. The van der Waals surface area contributed by atoms with Crippen LogP contribution in [0.2, 0.25) is 0 Å². The van der Waals surface area contributed by atoms with Gasteiger partial charge < -0.3 is 30.8 Å². The summed E-state index contributed by atoms with van der Waals surface area (Å²) in [5.74, 6) is -0.00394. The molecule has 0 unspecified atom stereocenters. The van der Waals surface area contributed by atoms with E-state index in [9.17, 15) is 9.90 Å². The third kappa shape index (κ3) is 3.27. The fourth-order valence-electron chi connectivity index (χ4n) is 2.56. The number of hydrogen-bond acceptors (Lipinski definition) is 6. The van der Waals surface area contributed by atoms with E-state index in [0.717, 1.165) is 12.7 Å². The molecule has 6 heteroatoms. The Balaban J connectivity index is 1.86. The maximum absolute atomic E-state index is 10.8. The van der Waals surface area contributed by atoms with Gasteiger partial charge in [0.2, 0.25) is 0 Å².